The Balaban J connectivity index is 2.27. The van der Waals surface area contributed by atoms with E-state index in [1.165, 1.54) is 0 Å². The highest BCUT2D eigenvalue weighted by Gasteiger charge is 2.10. The Bertz CT molecular complexity index is 551. The van der Waals surface area contributed by atoms with Gasteiger partial charge in [0.1, 0.15) is 5.75 Å². The van der Waals surface area contributed by atoms with Crippen LogP contribution in [0.1, 0.15) is 25.0 Å². The summed E-state index contributed by atoms with van der Waals surface area (Å²) in [5, 5.41) is 9.82. The topological polar surface area (TPSA) is 32.7 Å². The highest BCUT2D eigenvalue weighted by Crippen LogP contribution is 2.32. The predicted octanol–water partition coefficient (Wildman–Crippen LogP) is 3.91. The van der Waals surface area contributed by atoms with Crippen molar-refractivity contribution < 1.29 is 9.84 Å². The second-order valence-electron chi connectivity index (χ2n) is 4.75. The van der Waals surface area contributed by atoms with Gasteiger partial charge in [-0.15, -0.1) is 0 Å². The number of hydrogen-bond donors (Lipinski definition) is 1. The van der Waals surface area contributed by atoms with Crippen molar-refractivity contribution in [1.82, 2.24) is 0 Å². The highest BCUT2D eigenvalue weighted by atomic mass is 16.5. The highest BCUT2D eigenvalue weighted by molar-refractivity contribution is 5.68. The minimum atomic E-state index is -0.388. The third kappa shape index (κ3) is 2.94. The van der Waals surface area contributed by atoms with Crippen molar-refractivity contribution in [2.45, 2.75) is 19.4 Å². The maximum Gasteiger partial charge on any atom is 0.142 e. The molecule has 0 saturated carbocycles. The molecule has 1 atom stereocenters. The van der Waals surface area contributed by atoms with Gasteiger partial charge in [-0.2, -0.15) is 0 Å². The quantitative estimate of drug-likeness (QED) is 0.895. The molecule has 20 heavy (non-hydrogen) atoms. The third-order valence-electron chi connectivity index (χ3n) is 3.50. The van der Waals surface area contributed by atoms with E-state index in [2.05, 4.69) is 4.90 Å². The van der Waals surface area contributed by atoms with Crippen LogP contribution in [0.4, 0.5) is 11.4 Å². The lowest BCUT2D eigenvalue weighted by molar-refractivity contribution is 0.173. The van der Waals surface area contributed by atoms with E-state index in [1.807, 2.05) is 62.5 Å². The van der Waals surface area contributed by atoms with E-state index in [0.717, 1.165) is 29.1 Å². The van der Waals surface area contributed by atoms with Gasteiger partial charge in [-0.1, -0.05) is 31.2 Å². The molecule has 0 radical (unpaired) electrons. The zero-order valence-electron chi connectivity index (χ0n) is 12.2. The smallest absolute Gasteiger partial charge is 0.142 e. The van der Waals surface area contributed by atoms with E-state index in [1.54, 1.807) is 7.11 Å². The molecule has 0 aliphatic heterocycles. The van der Waals surface area contributed by atoms with Gasteiger partial charge in [0.05, 0.1) is 18.9 Å². The van der Waals surface area contributed by atoms with Gasteiger partial charge in [0.25, 0.3) is 0 Å². The number of aliphatic hydroxyl groups is 1. The summed E-state index contributed by atoms with van der Waals surface area (Å²) in [6, 6.07) is 15.9. The van der Waals surface area contributed by atoms with E-state index in [0.29, 0.717) is 0 Å². The van der Waals surface area contributed by atoms with Crippen molar-refractivity contribution in [3.05, 3.63) is 54.1 Å². The van der Waals surface area contributed by atoms with Gasteiger partial charge in [0.2, 0.25) is 0 Å². The number of hydrogen-bond acceptors (Lipinski definition) is 3. The molecule has 0 unspecified atom stereocenters. The van der Waals surface area contributed by atoms with Crippen LogP contribution in [0.5, 0.6) is 5.75 Å². The van der Waals surface area contributed by atoms with Crippen molar-refractivity contribution >= 4 is 11.4 Å². The number of anilines is 2. The number of methoxy groups -OCH3 is 1. The van der Waals surface area contributed by atoms with Gasteiger partial charge < -0.3 is 14.7 Å². The second-order valence-corrected chi connectivity index (χ2v) is 4.75. The molecule has 2 aromatic carbocycles. The fourth-order valence-corrected chi connectivity index (χ4v) is 2.20. The minimum absolute atomic E-state index is 0.388. The largest absolute Gasteiger partial charge is 0.495 e. The molecule has 106 valence electrons. The molecule has 0 spiro atoms. The van der Waals surface area contributed by atoms with E-state index in [4.69, 9.17) is 4.74 Å². The first-order valence-corrected chi connectivity index (χ1v) is 6.82. The first-order chi connectivity index (χ1) is 9.67. The zero-order valence-corrected chi connectivity index (χ0v) is 12.2. The number of nitrogens with zero attached hydrogens (tertiary/aromatic N) is 1. The molecule has 0 fully saturated rings. The molecule has 0 aliphatic rings. The van der Waals surface area contributed by atoms with Crippen LogP contribution in [0.15, 0.2) is 48.5 Å². The fraction of sp³-hybridized carbons (Fsp3) is 0.294. The summed E-state index contributed by atoms with van der Waals surface area (Å²) < 4.78 is 5.39. The molecular weight excluding hydrogens is 250 g/mol. The van der Waals surface area contributed by atoms with Crippen LogP contribution >= 0.6 is 0 Å². The van der Waals surface area contributed by atoms with Crippen LogP contribution in [0.2, 0.25) is 0 Å². The van der Waals surface area contributed by atoms with Crippen molar-refractivity contribution in [1.29, 1.82) is 0 Å². The van der Waals surface area contributed by atoms with Crippen LogP contribution < -0.4 is 9.64 Å². The lowest BCUT2D eigenvalue weighted by Crippen LogP contribution is -2.10. The Morgan fingerprint density at radius 2 is 1.75 bits per heavy atom. The van der Waals surface area contributed by atoms with Crippen LogP contribution in [0, 0.1) is 0 Å². The molecule has 0 aliphatic carbocycles. The standard InChI is InChI=1S/C17H21NO2/c1-4-16(19)13-9-11-14(12-10-13)18(2)15-7-5-6-8-17(15)20-3/h5-12,16,19H,4H2,1-3H3/t16-/m0/s1. The van der Waals surface area contributed by atoms with Crippen molar-refractivity contribution in [2.75, 3.05) is 19.1 Å². The summed E-state index contributed by atoms with van der Waals surface area (Å²) in [5.74, 6) is 0.840. The summed E-state index contributed by atoms with van der Waals surface area (Å²) in [6.45, 7) is 1.97. The Hall–Kier alpha value is -2.00. The van der Waals surface area contributed by atoms with Crippen LogP contribution in [-0.4, -0.2) is 19.3 Å². The Morgan fingerprint density at radius 1 is 1.10 bits per heavy atom. The molecule has 3 heteroatoms. The Morgan fingerprint density at radius 3 is 2.35 bits per heavy atom. The zero-order chi connectivity index (χ0) is 14.5. The van der Waals surface area contributed by atoms with E-state index >= 15 is 0 Å². The van der Waals surface area contributed by atoms with Gasteiger partial charge in [-0.3, -0.25) is 0 Å². The van der Waals surface area contributed by atoms with Gasteiger partial charge in [0, 0.05) is 12.7 Å². The molecule has 3 nitrogen and oxygen atoms in total. The minimum Gasteiger partial charge on any atom is -0.495 e. The second kappa shape index (κ2) is 6.44. The summed E-state index contributed by atoms with van der Waals surface area (Å²) in [6.07, 6.45) is 0.336. The molecule has 2 rings (SSSR count). The molecule has 0 aromatic heterocycles. The van der Waals surface area contributed by atoms with Crippen LogP contribution in [0.25, 0.3) is 0 Å². The number of benzene rings is 2. The number of ether oxygens (including phenoxy) is 1. The Labute approximate surface area is 120 Å². The first-order valence-electron chi connectivity index (χ1n) is 6.82. The number of para-hydroxylation sites is 2. The van der Waals surface area contributed by atoms with Gasteiger partial charge in [-0.25, -0.2) is 0 Å². The normalized spacial score (nSPS) is 12.0. The van der Waals surface area contributed by atoms with Crippen LogP contribution in [0.3, 0.4) is 0 Å². The van der Waals surface area contributed by atoms with Crippen molar-refractivity contribution in [3.63, 3.8) is 0 Å². The maximum atomic E-state index is 9.82. The lowest BCUT2D eigenvalue weighted by Gasteiger charge is -2.22. The summed E-state index contributed by atoms with van der Waals surface area (Å²) >= 11 is 0. The van der Waals surface area contributed by atoms with E-state index < -0.39 is 0 Å². The summed E-state index contributed by atoms with van der Waals surface area (Å²) in [5.41, 5.74) is 3.02. The third-order valence-corrected chi connectivity index (χ3v) is 3.50. The maximum absolute atomic E-state index is 9.82. The summed E-state index contributed by atoms with van der Waals surface area (Å²) in [4.78, 5) is 2.07. The average molecular weight is 271 g/mol. The van der Waals surface area contributed by atoms with Gasteiger partial charge >= 0.3 is 0 Å². The number of aliphatic hydroxyl groups excluding tert-OH is 1. The fourth-order valence-electron chi connectivity index (χ4n) is 2.20. The molecule has 0 amide bonds. The van der Waals surface area contributed by atoms with Gasteiger partial charge in [-0.05, 0) is 36.2 Å². The molecule has 0 saturated heterocycles. The van der Waals surface area contributed by atoms with Crippen molar-refractivity contribution in [3.8, 4) is 5.75 Å². The lowest BCUT2D eigenvalue weighted by atomic mass is 10.1. The molecule has 0 bridgehead atoms. The first kappa shape index (κ1) is 14.4. The van der Waals surface area contributed by atoms with E-state index in [9.17, 15) is 5.11 Å². The van der Waals surface area contributed by atoms with Crippen molar-refractivity contribution in [2.24, 2.45) is 0 Å². The molecular formula is C17H21NO2. The summed E-state index contributed by atoms with van der Waals surface area (Å²) in [7, 11) is 3.68. The van der Waals surface area contributed by atoms with Crippen LogP contribution in [-0.2, 0) is 0 Å². The number of rotatable bonds is 5. The monoisotopic (exact) mass is 271 g/mol. The molecule has 1 N–H and O–H groups in total. The van der Waals surface area contributed by atoms with Gasteiger partial charge in [0.15, 0.2) is 0 Å². The molecule has 0 heterocycles. The Kier molecular flexibility index (Phi) is 4.64. The molecule has 2 aromatic rings. The average Bonchev–Trinajstić information content (AvgIpc) is 2.53. The van der Waals surface area contributed by atoms with E-state index in [-0.39, 0.29) is 6.10 Å². The predicted molar refractivity (Wildman–Crippen MR) is 82.7 cm³/mol. The SMILES string of the molecule is CC[C@H](O)c1ccc(N(C)c2ccccc2OC)cc1.